The van der Waals surface area contributed by atoms with Crippen molar-refractivity contribution in [1.29, 1.82) is 0 Å². The Morgan fingerprint density at radius 3 is 2.45 bits per heavy atom. The molecule has 206 valence electrons. The van der Waals surface area contributed by atoms with Crippen LogP contribution < -0.4 is 19.5 Å². The number of esters is 1. The van der Waals surface area contributed by atoms with Crippen molar-refractivity contribution in [3.63, 3.8) is 0 Å². The van der Waals surface area contributed by atoms with Gasteiger partial charge in [-0.3, -0.25) is 0 Å². The number of ether oxygens (including phenoxy) is 3. The quantitative estimate of drug-likeness (QED) is 0.182. The van der Waals surface area contributed by atoms with Gasteiger partial charge in [-0.2, -0.15) is 0 Å². The molecule has 0 radical (unpaired) electrons. The number of hydrogen-bond donors (Lipinski definition) is 1. The van der Waals surface area contributed by atoms with E-state index < -0.39 is 5.97 Å². The zero-order valence-corrected chi connectivity index (χ0v) is 24.3. The number of thiophene rings is 1. The van der Waals surface area contributed by atoms with Crippen LogP contribution in [0.1, 0.15) is 52.0 Å². The SMILES string of the molecule is COc1cc(OC(=O)c2ccc(C)s2)ccc1-c1ccc2c(c1COc1cc(F)ccc1C)C(C)=CC(C)(C)N2. The molecule has 1 N–H and O–H groups in total. The van der Waals surface area contributed by atoms with Crippen LogP contribution in [0.2, 0.25) is 0 Å². The summed E-state index contributed by atoms with van der Waals surface area (Å²) in [5, 5.41) is 3.60. The number of nitrogens with one attached hydrogen (secondary N) is 1. The molecule has 0 fully saturated rings. The lowest BCUT2D eigenvalue weighted by Gasteiger charge is -2.33. The summed E-state index contributed by atoms with van der Waals surface area (Å²) in [7, 11) is 1.59. The number of carbonyl (C=O) groups excluding carboxylic acids is 1. The first kappa shape index (κ1) is 27.5. The van der Waals surface area contributed by atoms with Gasteiger partial charge < -0.3 is 19.5 Å². The third-order valence-electron chi connectivity index (χ3n) is 6.88. The van der Waals surface area contributed by atoms with Crippen molar-refractivity contribution in [3.8, 4) is 28.4 Å². The molecule has 1 aromatic heterocycles. The highest BCUT2D eigenvalue weighted by molar-refractivity contribution is 7.13. The normalized spacial score (nSPS) is 13.6. The standard InChI is InChI=1S/C33H32FNO4S/c1-19-7-9-22(34)15-28(19)38-18-26-24(12-13-27-31(26)20(2)17-33(4,5)35-27)25-11-10-23(16-29(25)37-6)39-32(36)30-14-8-21(3)40-30/h7-17,35H,18H2,1-6H3. The van der Waals surface area contributed by atoms with Crippen LogP contribution in [0, 0.1) is 19.7 Å². The van der Waals surface area contributed by atoms with Gasteiger partial charge in [-0.05, 0) is 87.7 Å². The van der Waals surface area contributed by atoms with Gasteiger partial charge >= 0.3 is 5.97 Å². The van der Waals surface area contributed by atoms with Crippen LogP contribution in [-0.4, -0.2) is 18.6 Å². The Labute approximate surface area is 238 Å². The monoisotopic (exact) mass is 557 g/mol. The van der Waals surface area contributed by atoms with Crippen molar-refractivity contribution in [1.82, 2.24) is 0 Å². The third-order valence-corrected chi connectivity index (χ3v) is 7.86. The Hall–Kier alpha value is -4.10. The molecule has 4 aromatic rings. The van der Waals surface area contributed by atoms with Crippen LogP contribution >= 0.6 is 11.3 Å². The molecule has 7 heteroatoms. The van der Waals surface area contributed by atoms with Crippen LogP contribution in [0.3, 0.4) is 0 Å². The molecule has 0 atom stereocenters. The summed E-state index contributed by atoms with van der Waals surface area (Å²) in [4.78, 5) is 14.2. The van der Waals surface area contributed by atoms with E-state index in [1.54, 1.807) is 31.4 Å². The van der Waals surface area contributed by atoms with Crippen LogP contribution in [-0.2, 0) is 6.61 Å². The Morgan fingerprint density at radius 2 is 1.73 bits per heavy atom. The summed E-state index contributed by atoms with van der Waals surface area (Å²) in [6.45, 7) is 10.4. The van der Waals surface area contributed by atoms with E-state index in [4.69, 9.17) is 14.2 Å². The van der Waals surface area contributed by atoms with Crippen molar-refractivity contribution in [2.75, 3.05) is 12.4 Å². The minimum Gasteiger partial charge on any atom is -0.496 e. The molecular formula is C33H32FNO4S. The van der Waals surface area contributed by atoms with Gasteiger partial charge in [0.2, 0.25) is 0 Å². The molecule has 0 aliphatic carbocycles. The average Bonchev–Trinajstić information content (AvgIpc) is 3.34. The molecule has 0 bridgehead atoms. The molecule has 2 heterocycles. The molecule has 0 amide bonds. The highest BCUT2D eigenvalue weighted by atomic mass is 32.1. The summed E-state index contributed by atoms with van der Waals surface area (Å²) < 4.78 is 31.7. The van der Waals surface area contributed by atoms with E-state index in [1.807, 2.05) is 32.0 Å². The number of allylic oxidation sites excluding steroid dienone is 1. The van der Waals surface area contributed by atoms with E-state index in [9.17, 15) is 9.18 Å². The molecule has 0 saturated heterocycles. The fourth-order valence-corrected chi connectivity index (χ4v) is 5.88. The van der Waals surface area contributed by atoms with Crippen LogP contribution in [0.4, 0.5) is 10.1 Å². The maximum Gasteiger partial charge on any atom is 0.353 e. The fraction of sp³-hybridized carbons (Fsp3) is 0.242. The van der Waals surface area contributed by atoms with Gasteiger partial charge in [-0.1, -0.05) is 18.2 Å². The molecule has 1 aliphatic rings. The van der Waals surface area contributed by atoms with E-state index in [0.717, 1.165) is 44.0 Å². The number of fused-ring (bicyclic) bond motifs is 1. The summed E-state index contributed by atoms with van der Waals surface area (Å²) >= 11 is 1.39. The van der Waals surface area contributed by atoms with Gasteiger partial charge in [-0.25, -0.2) is 9.18 Å². The van der Waals surface area contributed by atoms with Crippen molar-refractivity contribution in [2.24, 2.45) is 0 Å². The van der Waals surface area contributed by atoms with Crippen LogP contribution in [0.25, 0.3) is 16.7 Å². The summed E-state index contributed by atoms with van der Waals surface area (Å²) in [6.07, 6.45) is 2.20. The Kier molecular flexibility index (Phi) is 7.43. The molecule has 5 rings (SSSR count). The Balaban J connectivity index is 1.56. The second-order valence-electron chi connectivity index (χ2n) is 10.5. The average molecular weight is 558 g/mol. The number of aryl methyl sites for hydroxylation is 2. The van der Waals surface area contributed by atoms with E-state index >= 15 is 0 Å². The maximum absolute atomic E-state index is 14.0. The minimum absolute atomic E-state index is 0.208. The molecule has 0 spiro atoms. The topological polar surface area (TPSA) is 56.8 Å². The van der Waals surface area contributed by atoms with Gasteiger partial charge in [0.15, 0.2) is 0 Å². The number of rotatable bonds is 7. The molecule has 40 heavy (non-hydrogen) atoms. The molecule has 1 aliphatic heterocycles. The summed E-state index contributed by atoms with van der Waals surface area (Å²) in [5.41, 5.74) is 6.47. The number of anilines is 1. The van der Waals surface area contributed by atoms with Gasteiger partial charge in [-0.15, -0.1) is 11.3 Å². The molecule has 0 unspecified atom stereocenters. The lowest BCUT2D eigenvalue weighted by Crippen LogP contribution is -2.32. The van der Waals surface area contributed by atoms with Gasteiger partial charge in [0.05, 0.1) is 12.6 Å². The highest BCUT2D eigenvalue weighted by Crippen LogP contribution is 2.43. The van der Waals surface area contributed by atoms with E-state index in [2.05, 4.69) is 38.2 Å². The smallest absolute Gasteiger partial charge is 0.353 e. The van der Waals surface area contributed by atoms with Gasteiger partial charge in [0.25, 0.3) is 0 Å². The van der Waals surface area contributed by atoms with Crippen molar-refractivity contribution >= 4 is 28.6 Å². The van der Waals surface area contributed by atoms with E-state index in [0.29, 0.717) is 22.1 Å². The predicted octanol–water partition coefficient (Wildman–Crippen LogP) is 8.59. The summed E-state index contributed by atoms with van der Waals surface area (Å²) in [6, 6.07) is 17.7. The number of carbonyl (C=O) groups is 1. The zero-order chi connectivity index (χ0) is 28.6. The molecule has 5 nitrogen and oxygen atoms in total. The number of benzene rings is 3. The van der Waals surface area contributed by atoms with Crippen LogP contribution in [0.15, 0.2) is 66.7 Å². The lowest BCUT2D eigenvalue weighted by molar-refractivity contribution is 0.0739. The first-order valence-corrected chi connectivity index (χ1v) is 13.9. The second-order valence-corrected chi connectivity index (χ2v) is 11.8. The number of hydrogen-bond acceptors (Lipinski definition) is 6. The first-order chi connectivity index (χ1) is 19.0. The molecule has 3 aromatic carbocycles. The number of halogens is 1. The molecular weight excluding hydrogens is 525 g/mol. The molecule has 0 saturated carbocycles. The van der Waals surface area contributed by atoms with Crippen molar-refractivity contribution in [2.45, 2.75) is 46.8 Å². The van der Waals surface area contributed by atoms with Crippen molar-refractivity contribution < 1.29 is 23.4 Å². The van der Waals surface area contributed by atoms with Gasteiger partial charge in [0, 0.05) is 39.4 Å². The fourth-order valence-electron chi connectivity index (χ4n) is 5.14. The Bertz CT molecular complexity index is 1640. The third kappa shape index (κ3) is 5.61. The first-order valence-electron chi connectivity index (χ1n) is 13.0. The highest BCUT2D eigenvalue weighted by Gasteiger charge is 2.27. The zero-order valence-electron chi connectivity index (χ0n) is 23.5. The van der Waals surface area contributed by atoms with Gasteiger partial charge in [0.1, 0.15) is 34.5 Å². The van der Waals surface area contributed by atoms with Crippen molar-refractivity contribution in [3.05, 3.63) is 99.0 Å². The van der Waals surface area contributed by atoms with E-state index in [1.165, 1.54) is 23.5 Å². The van der Waals surface area contributed by atoms with E-state index in [-0.39, 0.29) is 18.0 Å². The largest absolute Gasteiger partial charge is 0.496 e. The predicted molar refractivity (Wildman–Crippen MR) is 159 cm³/mol. The number of methoxy groups -OCH3 is 1. The second kappa shape index (κ2) is 10.8. The minimum atomic E-state index is -0.407. The Morgan fingerprint density at radius 1 is 0.950 bits per heavy atom. The van der Waals surface area contributed by atoms with Crippen LogP contribution in [0.5, 0.6) is 17.2 Å². The summed E-state index contributed by atoms with van der Waals surface area (Å²) in [5.74, 6) is 0.687. The maximum atomic E-state index is 14.0. The lowest BCUT2D eigenvalue weighted by atomic mass is 9.85.